The van der Waals surface area contributed by atoms with Crippen LogP contribution in [0.25, 0.3) is 22.3 Å². The number of esters is 1. The second-order valence-corrected chi connectivity index (χ2v) is 8.83. The van der Waals surface area contributed by atoms with E-state index in [-0.39, 0.29) is 23.6 Å². The summed E-state index contributed by atoms with van der Waals surface area (Å²) in [5.41, 5.74) is 5.84. The number of hydrogen-bond donors (Lipinski definition) is 1. The van der Waals surface area contributed by atoms with Gasteiger partial charge in [0.1, 0.15) is 11.5 Å². The molecule has 1 spiro atoms. The van der Waals surface area contributed by atoms with Crippen molar-refractivity contribution >= 4 is 17.0 Å². The maximum atomic E-state index is 13.1. The van der Waals surface area contributed by atoms with Crippen LogP contribution in [0.5, 0.6) is 11.5 Å². The number of nitrogens with zero attached hydrogens (tertiary/aromatic N) is 3. The number of likely N-dealkylation sites (tertiary alicyclic amines) is 1. The van der Waals surface area contributed by atoms with E-state index >= 15 is 0 Å². The molecule has 1 N–H and O–H groups in total. The Morgan fingerprint density at radius 2 is 1.78 bits per heavy atom. The Bertz CT molecular complexity index is 1470. The number of phenols is 1. The van der Waals surface area contributed by atoms with Crippen molar-refractivity contribution in [1.82, 2.24) is 14.9 Å². The molecular weight excluding hydrogens is 402 g/mol. The SMILES string of the molecule is CN1CC2C(=O)Oc3cc(O)ccc3C2C12c1ccccc1-c1nc3ccccc3nc12. The van der Waals surface area contributed by atoms with Gasteiger partial charge in [-0.25, -0.2) is 9.97 Å². The number of aromatic hydroxyl groups is 1. The van der Waals surface area contributed by atoms with Gasteiger partial charge in [0.15, 0.2) is 0 Å². The van der Waals surface area contributed by atoms with Crippen LogP contribution in [0.15, 0.2) is 66.7 Å². The number of aromatic nitrogens is 2. The highest BCUT2D eigenvalue weighted by atomic mass is 16.5. The molecular formula is C26H19N3O3. The molecule has 7 rings (SSSR count). The van der Waals surface area contributed by atoms with E-state index in [9.17, 15) is 9.90 Å². The van der Waals surface area contributed by atoms with Crippen LogP contribution in [0.3, 0.4) is 0 Å². The first kappa shape index (κ1) is 17.9. The molecule has 1 aliphatic carbocycles. The highest BCUT2D eigenvalue weighted by Gasteiger charge is 2.64. The van der Waals surface area contributed by atoms with Gasteiger partial charge in [0, 0.05) is 29.7 Å². The summed E-state index contributed by atoms with van der Waals surface area (Å²) in [7, 11) is 2.05. The predicted molar refractivity (Wildman–Crippen MR) is 118 cm³/mol. The van der Waals surface area contributed by atoms with E-state index in [1.54, 1.807) is 6.07 Å². The van der Waals surface area contributed by atoms with E-state index in [0.29, 0.717) is 12.3 Å². The summed E-state index contributed by atoms with van der Waals surface area (Å²) in [5, 5.41) is 10.0. The van der Waals surface area contributed by atoms with Gasteiger partial charge in [-0.15, -0.1) is 0 Å². The third-order valence-corrected chi connectivity index (χ3v) is 7.30. The van der Waals surface area contributed by atoms with Crippen molar-refractivity contribution in [1.29, 1.82) is 0 Å². The van der Waals surface area contributed by atoms with Gasteiger partial charge in [0.2, 0.25) is 0 Å². The Morgan fingerprint density at radius 3 is 2.62 bits per heavy atom. The number of likely N-dealkylation sites (N-methyl/N-ethyl adjacent to an activating group) is 1. The summed E-state index contributed by atoms with van der Waals surface area (Å²) >= 11 is 0. The van der Waals surface area contributed by atoms with Crippen molar-refractivity contribution in [3.63, 3.8) is 0 Å². The summed E-state index contributed by atoms with van der Waals surface area (Å²) in [5.74, 6) is -0.318. The summed E-state index contributed by atoms with van der Waals surface area (Å²) < 4.78 is 5.66. The highest BCUT2D eigenvalue weighted by molar-refractivity contribution is 5.87. The van der Waals surface area contributed by atoms with Gasteiger partial charge in [-0.3, -0.25) is 9.69 Å². The normalized spacial score (nSPS) is 25.3. The lowest BCUT2D eigenvalue weighted by Crippen LogP contribution is -2.44. The van der Waals surface area contributed by atoms with Gasteiger partial charge in [0.25, 0.3) is 0 Å². The van der Waals surface area contributed by atoms with Crippen molar-refractivity contribution in [3.8, 4) is 22.8 Å². The minimum atomic E-state index is -0.654. The number of ether oxygens (including phenoxy) is 1. The quantitative estimate of drug-likeness (QED) is 0.344. The van der Waals surface area contributed by atoms with Crippen LogP contribution >= 0.6 is 0 Å². The van der Waals surface area contributed by atoms with E-state index in [2.05, 4.69) is 24.1 Å². The molecule has 0 radical (unpaired) electrons. The van der Waals surface area contributed by atoms with Gasteiger partial charge in [-0.2, -0.15) is 0 Å². The van der Waals surface area contributed by atoms with Crippen molar-refractivity contribution in [2.75, 3.05) is 13.6 Å². The molecule has 1 fully saturated rings. The molecule has 3 heterocycles. The topological polar surface area (TPSA) is 75.6 Å². The van der Waals surface area contributed by atoms with E-state index in [1.165, 1.54) is 6.07 Å². The van der Waals surface area contributed by atoms with Crippen LogP contribution in [-0.4, -0.2) is 39.5 Å². The Morgan fingerprint density at radius 1 is 1.03 bits per heavy atom. The first-order valence-electron chi connectivity index (χ1n) is 10.7. The summed E-state index contributed by atoms with van der Waals surface area (Å²) in [6.07, 6.45) is 0. The Labute approximate surface area is 184 Å². The van der Waals surface area contributed by atoms with Gasteiger partial charge < -0.3 is 9.84 Å². The largest absolute Gasteiger partial charge is 0.508 e. The average Bonchev–Trinajstić information content (AvgIpc) is 3.27. The number of fused-ring (bicyclic) bond motifs is 10. The Hall–Kier alpha value is -3.77. The van der Waals surface area contributed by atoms with Crippen LogP contribution in [0.1, 0.15) is 22.7 Å². The van der Waals surface area contributed by atoms with Crippen molar-refractivity contribution in [2.45, 2.75) is 11.5 Å². The number of para-hydroxylation sites is 2. The molecule has 6 nitrogen and oxygen atoms in total. The van der Waals surface area contributed by atoms with Gasteiger partial charge in [0.05, 0.1) is 33.9 Å². The van der Waals surface area contributed by atoms with Gasteiger partial charge >= 0.3 is 5.97 Å². The van der Waals surface area contributed by atoms with Crippen LogP contribution < -0.4 is 4.74 Å². The Kier molecular flexibility index (Phi) is 3.31. The number of rotatable bonds is 0. The molecule has 3 unspecified atom stereocenters. The third kappa shape index (κ3) is 2.01. The highest BCUT2D eigenvalue weighted by Crippen LogP contribution is 2.63. The lowest BCUT2D eigenvalue weighted by atomic mass is 9.70. The zero-order valence-corrected chi connectivity index (χ0v) is 17.3. The number of benzene rings is 3. The molecule has 32 heavy (non-hydrogen) atoms. The van der Waals surface area contributed by atoms with Crippen LogP contribution in [0.4, 0.5) is 0 Å². The lowest BCUT2D eigenvalue weighted by Gasteiger charge is -2.40. The fourth-order valence-corrected chi connectivity index (χ4v) is 6.08. The zero-order valence-electron chi connectivity index (χ0n) is 17.3. The summed E-state index contributed by atoms with van der Waals surface area (Å²) in [6, 6.07) is 21.2. The first-order chi connectivity index (χ1) is 15.6. The molecule has 6 heteroatoms. The molecule has 3 aromatic carbocycles. The second-order valence-electron chi connectivity index (χ2n) is 8.83. The molecule has 3 atom stereocenters. The number of hydrogen-bond acceptors (Lipinski definition) is 6. The third-order valence-electron chi connectivity index (χ3n) is 7.30. The number of phenolic OH excluding ortho intramolecular Hbond substituents is 1. The average molecular weight is 421 g/mol. The maximum absolute atomic E-state index is 13.1. The molecule has 1 saturated heterocycles. The maximum Gasteiger partial charge on any atom is 0.316 e. The van der Waals surface area contributed by atoms with Crippen molar-refractivity contribution in [3.05, 3.63) is 83.6 Å². The van der Waals surface area contributed by atoms with Crippen molar-refractivity contribution in [2.24, 2.45) is 5.92 Å². The molecule has 0 amide bonds. The van der Waals surface area contributed by atoms with Crippen LogP contribution in [0.2, 0.25) is 0 Å². The standard InChI is InChI=1S/C26H19N3O3/c1-29-13-17-22(16-11-10-14(30)12-21(16)32-25(17)31)26(29)18-7-3-2-6-15(18)23-24(26)28-20-9-5-4-8-19(20)27-23/h2-12,17,22,30H,13H2,1H3. The van der Waals surface area contributed by atoms with E-state index in [1.807, 2.05) is 42.5 Å². The molecule has 156 valence electrons. The van der Waals surface area contributed by atoms with E-state index < -0.39 is 5.54 Å². The van der Waals surface area contributed by atoms with Crippen LogP contribution in [-0.2, 0) is 10.3 Å². The van der Waals surface area contributed by atoms with Gasteiger partial charge in [-0.05, 0) is 30.8 Å². The summed E-state index contributed by atoms with van der Waals surface area (Å²) in [6.45, 7) is 0.548. The predicted octanol–water partition coefficient (Wildman–Crippen LogP) is 3.82. The second kappa shape index (κ2) is 5.93. The number of carbonyl (C=O) groups excluding carboxylic acids is 1. The summed E-state index contributed by atoms with van der Waals surface area (Å²) in [4.78, 5) is 25.5. The molecule has 2 aliphatic heterocycles. The van der Waals surface area contributed by atoms with Crippen molar-refractivity contribution < 1.29 is 14.6 Å². The fraction of sp³-hybridized carbons (Fsp3) is 0.192. The zero-order chi connectivity index (χ0) is 21.6. The monoisotopic (exact) mass is 421 g/mol. The van der Waals surface area contributed by atoms with E-state index in [0.717, 1.165) is 39.1 Å². The molecule has 4 aromatic rings. The number of carbonyl (C=O) groups is 1. The molecule has 0 saturated carbocycles. The smallest absolute Gasteiger partial charge is 0.316 e. The first-order valence-corrected chi connectivity index (χ1v) is 10.7. The fourth-order valence-electron chi connectivity index (χ4n) is 6.08. The van der Waals surface area contributed by atoms with E-state index in [4.69, 9.17) is 14.7 Å². The Balaban J connectivity index is 1.61. The van der Waals surface area contributed by atoms with Gasteiger partial charge in [-0.1, -0.05) is 42.5 Å². The lowest BCUT2D eigenvalue weighted by molar-refractivity contribution is -0.140. The minimum absolute atomic E-state index is 0.0772. The molecule has 0 bridgehead atoms. The minimum Gasteiger partial charge on any atom is -0.508 e. The van der Waals surface area contributed by atoms with Crippen LogP contribution in [0, 0.1) is 5.92 Å². The molecule has 1 aromatic heterocycles. The molecule has 3 aliphatic rings.